The van der Waals surface area contributed by atoms with E-state index in [9.17, 15) is 0 Å². The number of hydrogen-bond acceptors (Lipinski definition) is 0. The normalized spacial score (nSPS) is 12.5. The van der Waals surface area contributed by atoms with Crippen LogP contribution in [0.15, 0.2) is 0 Å². The van der Waals surface area contributed by atoms with Gasteiger partial charge >= 0.3 is 0 Å². The first-order chi connectivity index (χ1) is 5.63. The summed E-state index contributed by atoms with van der Waals surface area (Å²) in [6, 6.07) is 0. The molecule has 0 rings (SSSR count). The van der Waals surface area contributed by atoms with Gasteiger partial charge in [-0.3, -0.25) is 0 Å². The zero-order chi connectivity index (χ0) is 9.61. The standard InChI is InChI=1S/C12H26/c1-6-9-10-12(7-2,8-3)11(4)5/h11H,6-10H2,1-5H3. The monoisotopic (exact) mass is 170 g/mol. The van der Waals surface area contributed by atoms with Crippen LogP contribution >= 0.6 is 0 Å². The van der Waals surface area contributed by atoms with Crippen LogP contribution in [0.25, 0.3) is 0 Å². The zero-order valence-electron chi connectivity index (χ0n) is 9.61. The van der Waals surface area contributed by atoms with Crippen molar-refractivity contribution in [3.63, 3.8) is 0 Å². The molecule has 0 saturated carbocycles. The largest absolute Gasteiger partial charge is 0.0654 e. The average molecular weight is 170 g/mol. The summed E-state index contributed by atoms with van der Waals surface area (Å²) in [5.41, 5.74) is 0.635. The van der Waals surface area contributed by atoms with Gasteiger partial charge in [-0.1, -0.05) is 60.3 Å². The SMILES string of the molecule is CCCCC(CC)(CC)C(C)C. The van der Waals surface area contributed by atoms with E-state index in [1.807, 2.05) is 0 Å². The Kier molecular flexibility index (Phi) is 5.61. The minimum absolute atomic E-state index is 0.635. The molecule has 0 unspecified atom stereocenters. The third kappa shape index (κ3) is 2.80. The maximum atomic E-state index is 2.38. The van der Waals surface area contributed by atoms with Gasteiger partial charge in [0.2, 0.25) is 0 Å². The van der Waals surface area contributed by atoms with Crippen molar-refractivity contribution >= 4 is 0 Å². The molecule has 0 fully saturated rings. The second-order valence-electron chi connectivity index (χ2n) is 4.33. The first-order valence-electron chi connectivity index (χ1n) is 5.63. The van der Waals surface area contributed by atoms with Gasteiger partial charge in [0.05, 0.1) is 0 Å². The molecule has 0 atom stereocenters. The summed E-state index contributed by atoms with van der Waals surface area (Å²) in [4.78, 5) is 0. The Hall–Kier alpha value is 0. The second kappa shape index (κ2) is 5.61. The Morgan fingerprint density at radius 1 is 1.00 bits per heavy atom. The third-order valence-electron chi connectivity index (χ3n) is 3.66. The van der Waals surface area contributed by atoms with Crippen molar-refractivity contribution < 1.29 is 0 Å². The van der Waals surface area contributed by atoms with Crippen LogP contribution < -0.4 is 0 Å². The Bertz CT molecular complexity index is 98.6. The molecular weight excluding hydrogens is 144 g/mol. The average Bonchev–Trinajstić information content (AvgIpc) is 2.07. The molecule has 0 nitrogen and oxygen atoms in total. The summed E-state index contributed by atoms with van der Waals surface area (Å²) in [5.74, 6) is 0.846. The lowest BCUT2D eigenvalue weighted by Crippen LogP contribution is -2.25. The van der Waals surface area contributed by atoms with E-state index < -0.39 is 0 Å². The van der Waals surface area contributed by atoms with Crippen LogP contribution in [-0.2, 0) is 0 Å². The highest BCUT2D eigenvalue weighted by Crippen LogP contribution is 2.39. The molecule has 0 radical (unpaired) electrons. The smallest absolute Gasteiger partial charge is 0.0280 e. The fourth-order valence-corrected chi connectivity index (χ4v) is 2.24. The van der Waals surface area contributed by atoms with Crippen LogP contribution in [0.2, 0.25) is 0 Å². The lowest BCUT2D eigenvalue weighted by molar-refractivity contribution is 0.149. The van der Waals surface area contributed by atoms with Gasteiger partial charge in [-0.05, 0) is 17.8 Å². The van der Waals surface area contributed by atoms with Crippen LogP contribution in [0, 0.1) is 11.3 Å². The first-order valence-corrected chi connectivity index (χ1v) is 5.63. The van der Waals surface area contributed by atoms with Gasteiger partial charge in [0.25, 0.3) is 0 Å². The Morgan fingerprint density at radius 2 is 1.50 bits per heavy atom. The summed E-state index contributed by atoms with van der Waals surface area (Å²) in [5, 5.41) is 0. The van der Waals surface area contributed by atoms with E-state index in [1.165, 1.54) is 32.1 Å². The van der Waals surface area contributed by atoms with Crippen LogP contribution in [0.3, 0.4) is 0 Å². The van der Waals surface area contributed by atoms with Crippen molar-refractivity contribution in [2.45, 2.75) is 66.7 Å². The highest BCUT2D eigenvalue weighted by atomic mass is 14.3. The molecule has 0 bridgehead atoms. The van der Waals surface area contributed by atoms with E-state index in [-0.39, 0.29) is 0 Å². The van der Waals surface area contributed by atoms with Crippen molar-refractivity contribution in [2.75, 3.05) is 0 Å². The predicted molar refractivity (Wildman–Crippen MR) is 57.4 cm³/mol. The number of hydrogen-bond donors (Lipinski definition) is 0. The summed E-state index contributed by atoms with van der Waals surface area (Å²) >= 11 is 0. The molecule has 0 aromatic rings. The quantitative estimate of drug-likeness (QED) is 0.545. The molecule has 0 spiro atoms. The van der Waals surface area contributed by atoms with E-state index in [1.54, 1.807) is 0 Å². The fourth-order valence-electron chi connectivity index (χ4n) is 2.24. The highest BCUT2D eigenvalue weighted by Gasteiger charge is 2.28. The molecule has 74 valence electrons. The zero-order valence-corrected chi connectivity index (χ0v) is 9.61. The minimum Gasteiger partial charge on any atom is -0.0654 e. The van der Waals surface area contributed by atoms with Crippen molar-refractivity contribution in [3.8, 4) is 0 Å². The van der Waals surface area contributed by atoms with Crippen molar-refractivity contribution in [3.05, 3.63) is 0 Å². The molecule has 0 aromatic carbocycles. The molecule has 0 aromatic heterocycles. The topological polar surface area (TPSA) is 0 Å². The molecule has 0 N–H and O–H groups in total. The fraction of sp³-hybridized carbons (Fsp3) is 1.00. The lowest BCUT2D eigenvalue weighted by atomic mass is 9.70. The van der Waals surface area contributed by atoms with Crippen LogP contribution in [-0.4, -0.2) is 0 Å². The van der Waals surface area contributed by atoms with E-state index in [0.29, 0.717) is 5.41 Å². The third-order valence-corrected chi connectivity index (χ3v) is 3.66. The summed E-state index contributed by atoms with van der Waals surface area (Å²) in [7, 11) is 0. The molecule has 0 amide bonds. The van der Waals surface area contributed by atoms with Gasteiger partial charge in [-0.15, -0.1) is 0 Å². The van der Waals surface area contributed by atoms with Gasteiger partial charge in [0.1, 0.15) is 0 Å². The summed E-state index contributed by atoms with van der Waals surface area (Å²) in [6.45, 7) is 11.7. The molecular formula is C12H26. The summed E-state index contributed by atoms with van der Waals surface area (Å²) < 4.78 is 0. The van der Waals surface area contributed by atoms with Crippen LogP contribution in [0.4, 0.5) is 0 Å². The molecule has 0 heterocycles. The van der Waals surface area contributed by atoms with Gasteiger partial charge in [-0.2, -0.15) is 0 Å². The summed E-state index contributed by atoms with van der Waals surface area (Å²) in [6.07, 6.45) is 6.87. The van der Waals surface area contributed by atoms with E-state index >= 15 is 0 Å². The Balaban J connectivity index is 4.15. The maximum Gasteiger partial charge on any atom is -0.0280 e. The molecule has 0 heteroatoms. The maximum absolute atomic E-state index is 2.38. The molecule has 0 aliphatic rings. The van der Waals surface area contributed by atoms with E-state index in [4.69, 9.17) is 0 Å². The lowest BCUT2D eigenvalue weighted by Gasteiger charge is -2.36. The van der Waals surface area contributed by atoms with Gasteiger partial charge < -0.3 is 0 Å². The van der Waals surface area contributed by atoms with Crippen LogP contribution in [0.1, 0.15) is 66.7 Å². The molecule has 12 heavy (non-hydrogen) atoms. The molecule has 0 aliphatic carbocycles. The molecule has 0 aliphatic heterocycles. The van der Waals surface area contributed by atoms with Crippen LogP contribution in [0.5, 0.6) is 0 Å². The van der Waals surface area contributed by atoms with Gasteiger partial charge in [0, 0.05) is 0 Å². The Labute approximate surface area is 78.8 Å². The van der Waals surface area contributed by atoms with E-state index in [2.05, 4.69) is 34.6 Å². The van der Waals surface area contributed by atoms with Gasteiger partial charge in [0.15, 0.2) is 0 Å². The Morgan fingerprint density at radius 3 is 1.75 bits per heavy atom. The first kappa shape index (κ1) is 12.0. The van der Waals surface area contributed by atoms with E-state index in [0.717, 1.165) is 5.92 Å². The number of rotatable bonds is 6. The van der Waals surface area contributed by atoms with Crippen molar-refractivity contribution in [2.24, 2.45) is 11.3 Å². The van der Waals surface area contributed by atoms with Crippen molar-refractivity contribution in [1.82, 2.24) is 0 Å². The molecule has 0 saturated heterocycles. The number of unbranched alkanes of at least 4 members (excludes halogenated alkanes) is 1. The second-order valence-corrected chi connectivity index (χ2v) is 4.33. The highest BCUT2D eigenvalue weighted by molar-refractivity contribution is 4.79. The van der Waals surface area contributed by atoms with Crippen molar-refractivity contribution in [1.29, 1.82) is 0 Å². The van der Waals surface area contributed by atoms with Gasteiger partial charge in [-0.25, -0.2) is 0 Å². The minimum atomic E-state index is 0.635. The predicted octanol–water partition coefficient (Wildman–Crippen LogP) is 4.64.